The van der Waals surface area contributed by atoms with Crippen LogP contribution < -0.4 is 10.1 Å². The fraction of sp³-hybridized carbons (Fsp3) is 0.182. The Bertz CT molecular complexity index is 1160. The number of rotatable bonds is 7. The fourth-order valence-corrected chi connectivity index (χ4v) is 3.80. The minimum Gasteiger partial charge on any atom is -0.459 e. The van der Waals surface area contributed by atoms with E-state index in [1.165, 1.54) is 11.3 Å². The van der Waals surface area contributed by atoms with Crippen molar-refractivity contribution >= 4 is 32.6 Å². The van der Waals surface area contributed by atoms with E-state index in [2.05, 4.69) is 20.3 Å². The van der Waals surface area contributed by atoms with E-state index in [4.69, 9.17) is 4.74 Å². The van der Waals surface area contributed by atoms with Gasteiger partial charge in [0.2, 0.25) is 5.91 Å². The van der Waals surface area contributed by atoms with Gasteiger partial charge in [-0.2, -0.15) is 4.98 Å². The molecule has 2 aromatic heterocycles. The highest BCUT2D eigenvalue weighted by Gasteiger charge is 2.11. The molecule has 0 saturated carbocycles. The van der Waals surface area contributed by atoms with Crippen LogP contribution >= 0.6 is 11.3 Å². The van der Waals surface area contributed by atoms with Crippen molar-refractivity contribution in [3.8, 4) is 17.3 Å². The predicted molar refractivity (Wildman–Crippen MR) is 119 cm³/mol. The number of aromatic nitrogens is 3. The maximum absolute atomic E-state index is 12.0. The minimum absolute atomic E-state index is 0.0877. The van der Waals surface area contributed by atoms with Crippen LogP contribution in [0, 0.1) is 0 Å². The van der Waals surface area contributed by atoms with Crippen molar-refractivity contribution in [2.45, 2.75) is 6.61 Å². The van der Waals surface area contributed by atoms with E-state index in [1.54, 1.807) is 6.20 Å². The quantitative estimate of drug-likeness (QED) is 0.490. The molecule has 8 heteroatoms. The Morgan fingerprint density at radius 1 is 1.10 bits per heavy atom. The molecule has 7 nitrogen and oxygen atoms in total. The van der Waals surface area contributed by atoms with Crippen LogP contribution in [0.15, 0.2) is 60.8 Å². The number of likely N-dealkylation sites (N-methyl/N-ethyl adjacent to an activating group) is 1. The topological polar surface area (TPSA) is 80.2 Å². The SMILES string of the molecule is CN(C)CC(=O)Nc1nc2ccc(-c3ccnc(OCc4ccccc4)n3)cc2s1. The maximum atomic E-state index is 12.0. The van der Waals surface area contributed by atoms with Crippen LogP contribution in [0.5, 0.6) is 6.01 Å². The summed E-state index contributed by atoms with van der Waals surface area (Å²) in [6.45, 7) is 0.724. The summed E-state index contributed by atoms with van der Waals surface area (Å²) in [5.74, 6) is -0.0877. The number of carbonyl (C=O) groups excluding carboxylic acids is 1. The number of thiazole rings is 1. The number of nitrogens with zero attached hydrogens (tertiary/aromatic N) is 4. The zero-order chi connectivity index (χ0) is 20.9. The van der Waals surface area contributed by atoms with Crippen LogP contribution in [0.1, 0.15) is 5.56 Å². The molecule has 4 aromatic rings. The molecule has 0 saturated heterocycles. The largest absolute Gasteiger partial charge is 0.459 e. The molecule has 0 unspecified atom stereocenters. The molecule has 4 rings (SSSR count). The first-order valence-electron chi connectivity index (χ1n) is 9.42. The van der Waals surface area contributed by atoms with Crippen molar-refractivity contribution in [3.05, 3.63) is 66.4 Å². The number of anilines is 1. The first-order valence-corrected chi connectivity index (χ1v) is 10.2. The average molecular weight is 420 g/mol. The molecule has 0 aliphatic carbocycles. The Kier molecular flexibility index (Phi) is 5.97. The summed E-state index contributed by atoms with van der Waals surface area (Å²) < 4.78 is 6.71. The van der Waals surface area contributed by atoms with Crippen LogP contribution in [-0.4, -0.2) is 46.4 Å². The lowest BCUT2D eigenvalue weighted by molar-refractivity contribution is -0.116. The first kappa shape index (κ1) is 19.9. The Morgan fingerprint density at radius 2 is 1.93 bits per heavy atom. The molecule has 1 N–H and O–H groups in total. The van der Waals surface area contributed by atoms with Gasteiger partial charge in [-0.25, -0.2) is 9.97 Å². The summed E-state index contributed by atoms with van der Waals surface area (Å²) >= 11 is 1.44. The molecule has 2 aromatic carbocycles. The second kappa shape index (κ2) is 8.98. The van der Waals surface area contributed by atoms with Crippen LogP contribution in [0.4, 0.5) is 5.13 Å². The Hall–Kier alpha value is -3.36. The van der Waals surface area contributed by atoms with Gasteiger partial charge in [-0.15, -0.1) is 0 Å². The second-order valence-electron chi connectivity index (χ2n) is 6.99. The van der Waals surface area contributed by atoms with Gasteiger partial charge in [0.1, 0.15) is 6.61 Å². The lowest BCUT2D eigenvalue weighted by Crippen LogP contribution is -2.26. The van der Waals surface area contributed by atoms with Crippen molar-refractivity contribution in [1.82, 2.24) is 19.9 Å². The van der Waals surface area contributed by atoms with Gasteiger partial charge in [-0.05, 0) is 37.9 Å². The smallest absolute Gasteiger partial charge is 0.317 e. The molecular weight excluding hydrogens is 398 g/mol. The fourth-order valence-electron chi connectivity index (χ4n) is 2.88. The van der Waals surface area contributed by atoms with Crippen molar-refractivity contribution < 1.29 is 9.53 Å². The number of hydrogen-bond donors (Lipinski definition) is 1. The molecule has 152 valence electrons. The third-order valence-electron chi connectivity index (χ3n) is 4.23. The van der Waals surface area contributed by atoms with Gasteiger partial charge in [0, 0.05) is 11.8 Å². The Labute approximate surface area is 178 Å². The molecule has 0 radical (unpaired) electrons. The van der Waals surface area contributed by atoms with E-state index in [0.29, 0.717) is 24.3 Å². The summed E-state index contributed by atoms with van der Waals surface area (Å²) in [7, 11) is 3.70. The molecule has 30 heavy (non-hydrogen) atoms. The molecule has 0 bridgehead atoms. The normalized spacial score (nSPS) is 11.0. The second-order valence-corrected chi connectivity index (χ2v) is 8.02. The molecular formula is C22H21N5O2S. The lowest BCUT2D eigenvalue weighted by Gasteiger charge is -2.07. The summed E-state index contributed by atoms with van der Waals surface area (Å²) in [6, 6.07) is 18.0. The van der Waals surface area contributed by atoms with Gasteiger partial charge in [-0.1, -0.05) is 47.7 Å². The van der Waals surface area contributed by atoms with E-state index in [0.717, 1.165) is 27.0 Å². The number of nitrogens with one attached hydrogen (secondary N) is 1. The highest BCUT2D eigenvalue weighted by molar-refractivity contribution is 7.22. The molecule has 2 heterocycles. The number of hydrogen-bond acceptors (Lipinski definition) is 7. The minimum atomic E-state index is -0.0877. The van der Waals surface area contributed by atoms with E-state index < -0.39 is 0 Å². The van der Waals surface area contributed by atoms with Gasteiger partial charge in [-0.3, -0.25) is 4.79 Å². The average Bonchev–Trinajstić information content (AvgIpc) is 3.14. The van der Waals surface area contributed by atoms with E-state index >= 15 is 0 Å². The number of amides is 1. The standard InChI is InChI=1S/C22H21N5O2S/c1-27(2)13-20(28)26-22-25-18-9-8-16(12-19(18)30-22)17-10-11-23-21(24-17)29-14-15-6-4-3-5-7-15/h3-12H,13-14H2,1-2H3,(H,25,26,28). The summed E-state index contributed by atoms with van der Waals surface area (Å²) in [6.07, 6.45) is 1.69. The number of fused-ring (bicyclic) bond motifs is 1. The summed E-state index contributed by atoms with van der Waals surface area (Å²) in [4.78, 5) is 27.0. The van der Waals surface area contributed by atoms with Gasteiger partial charge in [0.05, 0.1) is 22.5 Å². The van der Waals surface area contributed by atoms with Gasteiger partial charge in [0.15, 0.2) is 5.13 Å². The molecule has 0 spiro atoms. The monoisotopic (exact) mass is 419 g/mol. The molecule has 0 aliphatic heterocycles. The third kappa shape index (κ3) is 4.97. The highest BCUT2D eigenvalue weighted by atomic mass is 32.1. The van der Waals surface area contributed by atoms with Crippen molar-refractivity contribution in [3.63, 3.8) is 0 Å². The zero-order valence-corrected chi connectivity index (χ0v) is 17.5. The molecule has 1 amide bonds. The van der Waals surface area contributed by atoms with Crippen LogP contribution in [-0.2, 0) is 11.4 Å². The number of benzene rings is 2. The highest BCUT2D eigenvalue weighted by Crippen LogP contribution is 2.30. The Morgan fingerprint density at radius 3 is 2.73 bits per heavy atom. The van der Waals surface area contributed by atoms with Crippen molar-refractivity contribution in [2.75, 3.05) is 26.0 Å². The van der Waals surface area contributed by atoms with Crippen LogP contribution in [0.2, 0.25) is 0 Å². The van der Waals surface area contributed by atoms with Crippen molar-refractivity contribution in [1.29, 1.82) is 0 Å². The van der Waals surface area contributed by atoms with Crippen molar-refractivity contribution in [2.24, 2.45) is 0 Å². The van der Waals surface area contributed by atoms with Gasteiger partial charge >= 0.3 is 6.01 Å². The van der Waals surface area contributed by atoms with Crippen LogP contribution in [0.3, 0.4) is 0 Å². The zero-order valence-electron chi connectivity index (χ0n) is 16.7. The molecule has 0 atom stereocenters. The van der Waals surface area contributed by atoms with E-state index in [-0.39, 0.29) is 5.91 Å². The third-order valence-corrected chi connectivity index (χ3v) is 5.17. The van der Waals surface area contributed by atoms with E-state index in [9.17, 15) is 4.79 Å². The summed E-state index contributed by atoms with van der Waals surface area (Å²) in [5, 5.41) is 3.43. The Balaban J connectivity index is 1.50. The van der Waals surface area contributed by atoms with E-state index in [1.807, 2.05) is 73.6 Å². The molecule has 0 aliphatic rings. The van der Waals surface area contributed by atoms with Gasteiger partial charge < -0.3 is 15.0 Å². The molecule has 0 fully saturated rings. The predicted octanol–water partition coefficient (Wildman–Crippen LogP) is 3.83. The summed E-state index contributed by atoms with van der Waals surface area (Å²) in [5.41, 5.74) is 3.59. The first-order chi connectivity index (χ1) is 14.6. The van der Waals surface area contributed by atoms with Crippen LogP contribution in [0.25, 0.3) is 21.5 Å². The number of ether oxygens (including phenoxy) is 1. The number of carbonyl (C=O) groups is 1. The maximum Gasteiger partial charge on any atom is 0.317 e. The van der Waals surface area contributed by atoms with Gasteiger partial charge in [0.25, 0.3) is 0 Å². The lowest BCUT2D eigenvalue weighted by atomic mass is 10.1.